The molecule has 0 bridgehead atoms. The molecule has 0 spiro atoms. The van der Waals surface area contributed by atoms with E-state index in [0.717, 1.165) is 16.7 Å². The molecule has 6 heteroatoms. The molecule has 0 radical (unpaired) electrons. The van der Waals surface area contributed by atoms with E-state index in [2.05, 4.69) is 4.74 Å². The van der Waals surface area contributed by atoms with Crippen molar-refractivity contribution in [3.63, 3.8) is 0 Å². The Bertz CT molecular complexity index is 393. The van der Waals surface area contributed by atoms with Crippen LogP contribution in [0, 0.1) is 13.8 Å². The minimum atomic E-state index is -4.31. The zero-order chi connectivity index (χ0) is 14.5. The van der Waals surface area contributed by atoms with Gasteiger partial charge >= 0.3 is 6.18 Å². The second-order valence-corrected chi connectivity index (χ2v) is 4.23. The van der Waals surface area contributed by atoms with E-state index in [1.807, 2.05) is 13.8 Å². The van der Waals surface area contributed by atoms with Gasteiger partial charge in [0.05, 0.1) is 13.2 Å². The van der Waals surface area contributed by atoms with Gasteiger partial charge in [-0.15, -0.1) is 0 Å². The minimum absolute atomic E-state index is 0.0518. The first-order valence-electron chi connectivity index (χ1n) is 5.82. The Kier molecular flexibility index (Phi) is 5.62. The number of rotatable bonds is 6. The highest BCUT2D eigenvalue weighted by Gasteiger charge is 2.27. The van der Waals surface area contributed by atoms with Gasteiger partial charge in [0.2, 0.25) is 0 Å². The molecule has 1 rings (SSSR count). The molecule has 1 aromatic rings. The molecule has 0 fully saturated rings. The van der Waals surface area contributed by atoms with Crippen LogP contribution in [0.25, 0.3) is 0 Å². The summed E-state index contributed by atoms with van der Waals surface area (Å²) < 4.78 is 45.3. The minimum Gasteiger partial charge on any atom is -0.491 e. The van der Waals surface area contributed by atoms with E-state index in [1.165, 1.54) is 0 Å². The molecule has 108 valence electrons. The highest BCUT2D eigenvalue weighted by Crippen LogP contribution is 2.24. The summed E-state index contributed by atoms with van der Waals surface area (Å²) in [5.74, 6) is 0.618. The molecule has 1 aromatic carbocycles. The summed E-state index contributed by atoms with van der Waals surface area (Å²) in [5.41, 5.74) is 2.44. The van der Waals surface area contributed by atoms with Crippen LogP contribution in [0.2, 0.25) is 0 Å². The lowest BCUT2D eigenvalue weighted by Gasteiger charge is -2.14. The van der Waals surface area contributed by atoms with Gasteiger partial charge in [0.1, 0.15) is 19.0 Å². The lowest BCUT2D eigenvalue weighted by Crippen LogP contribution is -2.19. The van der Waals surface area contributed by atoms with Crippen LogP contribution >= 0.6 is 0 Å². The zero-order valence-electron chi connectivity index (χ0n) is 10.9. The largest absolute Gasteiger partial charge is 0.491 e. The maximum atomic E-state index is 11.8. The summed E-state index contributed by atoms with van der Waals surface area (Å²) in [6, 6.07) is 3.55. The van der Waals surface area contributed by atoms with Crippen molar-refractivity contribution in [3.8, 4) is 5.75 Å². The fourth-order valence-electron chi connectivity index (χ4n) is 1.75. The van der Waals surface area contributed by atoms with Crippen LogP contribution in [-0.4, -0.2) is 31.1 Å². The zero-order valence-corrected chi connectivity index (χ0v) is 10.9. The number of aliphatic hydroxyl groups excluding tert-OH is 1. The molecule has 0 amide bonds. The number of benzene rings is 1. The summed E-state index contributed by atoms with van der Waals surface area (Å²) >= 11 is 0. The first-order valence-corrected chi connectivity index (χ1v) is 5.82. The summed E-state index contributed by atoms with van der Waals surface area (Å²) in [6.45, 7) is 2.24. The molecule has 0 saturated heterocycles. The van der Waals surface area contributed by atoms with E-state index in [-0.39, 0.29) is 19.8 Å². The van der Waals surface area contributed by atoms with Gasteiger partial charge in [-0.25, -0.2) is 0 Å². The van der Waals surface area contributed by atoms with Crippen LogP contribution < -0.4 is 4.74 Å². The van der Waals surface area contributed by atoms with Crippen LogP contribution in [0.15, 0.2) is 12.1 Å². The number of alkyl halides is 3. The normalized spacial score (nSPS) is 11.7. The van der Waals surface area contributed by atoms with Gasteiger partial charge in [-0.05, 0) is 30.5 Å². The Morgan fingerprint density at radius 2 is 1.68 bits per heavy atom. The van der Waals surface area contributed by atoms with Gasteiger partial charge in [0.25, 0.3) is 0 Å². The van der Waals surface area contributed by atoms with Crippen molar-refractivity contribution in [1.82, 2.24) is 0 Å². The van der Waals surface area contributed by atoms with E-state index in [1.54, 1.807) is 12.1 Å². The molecule has 0 atom stereocenters. The van der Waals surface area contributed by atoms with Gasteiger partial charge in [0, 0.05) is 0 Å². The summed E-state index contributed by atoms with van der Waals surface area (Å²) in [4.78, 5) is 0. The van der Waals surface area contributed by atoms with E-state index in [4.69, 9.17) is 9.84 Å². The van der Waals surface area contributed by atoms with Crippen LogP contribution in [-0.2, 0) is 11.3 Å². The average Bonchev–Trinajstić information content (AvgIpc) is 2.30. The van der Waals surface area contributed by atoms with Gasteiger partial charge in [-0.2, -0.15) is 13.2 Å². The molecule has 3 nitrogen and oxygen atoms in total. The van der Waals surface area contributed by atoms with Crippen molar-refractivity contribution in [1.29, 1.82) is 0 Å². The number of aryl methyl sites for hydroxylation is 2. The molecule has 0 aliphatic carbocycles. The molecule has 0 unspecified atom stereocenters. The van der Waals surface area contributed by atoms with Crippen molar-refractivity contribution in [3.05, 3.63) is 28.8 Å². The van der Waals surface area contributed by atoms with Crippen LogP contribution in [0.4, 0.5) is 13.2 Å². The highest BCUT2D eigenvalue weighted by atomic mass is 19.4. The topological polar surface area (TPSA) is 38.7 Å². The second kappa shape index (κ2) is 6.77. The quantitative estimate of drug-likeness (QED) is 0.813. The predicted octanol–water partition coefficient (Wildman–Crippen LogP) is 2.75. The number of aliphatic hydroxyl groups is 1. The number of ether oxygens (including phenoxy) is 2. The molecule has 19 heavy (non-hydrogen) atoms. The standard InChI is InChI=1S/C13H17F3O3/c1-9-5-11(7-17)6-10(2)12(9)19-4-3-18-8-13(14,15)16/h5-6,17H,3-4,7-8H2,1-2H3. The van der Waals surface area contributed by atoms with E-state index >= 15 is 0 Å². The Morgan fingerprint density at radius 1 is 1.11 bits per heavy atom. The SMILES string of the molecule is Cc1cc(CO)cc(C)c1OCCOCC(F)(F)F. The molecule has 0 heterocycles. The maximum Gasteiger partial charge on any atom is 0.411 e. The Balaban J connectivity index is 2.46. The first-order chi connectivity index (χ1) is 8.83. The van der Waals surface area contributed by atoms with Crippen LogP contribution in [0.5, 0.6) is 5.75 Å². The van der Waals surface area contributed by atoms with Crippen molar-refractivity contribution in [2.75, 3.05) is 19.8 Å². The van der Waals surface area contributed by atoms with Crippen molar-refractivity contribution in [2.45, 2.75) is 26.6 Å². The predicted molar refractivity (Wildman–Crippen MR) is 64.2 cm³/mol. The number of hydrogen-bond donors (Lipinski definition) is 1. The smallest absolute Gasteiger partial charge is 0.411 e. The number of halogens is 3. The van der Waals surface area contributed by atoms with Gasteiger partial charge in [0.15, 0.2) is 0 Å². The average molecular weight is 278 g/mol. The fourth-order valence-corrected chi connectivity index (χ4v) is 1.75. The fraction of sp³-hybridized carbons (Fsp3) is 0.538. The summed E-state index contributed by atoms with van der Waals surface area (Å²) in [7, 11) is 0. The summed E-state index contributed by atoms with van der Waals surface area (Å²) in [5, 5.41) is 9.03. The van der Waals surface area contributed by atoms with Crippen LogP contribution in [0.3, 0.4) is 0 Å². The van der Waals surface area contributed by atoms with Crippen molar-refractivity contribution in [2.24, 2.45) is 0 Å². The van der Waals surface area contributed by atoms with E-state index < -0.39 is 12.8 Å². The third-order valence-corrected chi connectivity index (χ3v) is 2.44. The van der Waals surface area contributed by atoms with Gasteiger partial charge < -0.3 is 14.6 Å². The third kappa shape index (κ3) is 5.48. The molecular formula is C13H17F3O3. The van der Waals surface area contributed by atoms with E-state index in [9.17, 15) is 13.2 Å². The van der Waals surface area contributed by atoms with Crippen LogP contribution in [0.1, 0.15) is 16.7 Å². The van der Waals surface area contributed by atoms with E-state index in [0.29, 0.717) is 5.75 Å². The molecule has 0 saturated carbocycles. The molecule has 1 N–H and O–H groups in total. The molecular weight excluding hydrogens is 261 g/mol. The Morgan fingerprint density at radius 3 is 2.16 bits per heavy atom. The number of hydrogen-bond acceptors (Lipinski definition) is 3. The monoisotopic (exact) mass is 278 g/mol. The lowest BCUT2D eigenvalue weighted by atomic mass is 10.1. The lowest BCUT2D eigenvalue weighted by molar-refractivity contribution is -0.175. The highest BCUT2D eigenvalue weighted by molar-refractivity contribution is 5.43. The Hall–Kier alpha value is -1.27. The van der Waals surface area contributed by atoms with Crippen molar-refractivity contribution < 1.29 is 27.8 Å². The second-order valence-electron chi connectivity index (χ2n) is 4.23. The molecule has 0 aliphatic rings. The third-order valence-electron chi connectivity index (χ3n) is 2.44. The molecule has 0 aromatic heterocycles. The summed E-state index contributed by atoms with van der Waals surface area (Å²) in [6.07, 6.45) is -4.31. The Labute approximate surface area is 110 Å². The maximum absolute atomic E-state index is 11.8. The van der Waals surface area contributed by atoms with Gasteiger partial charge in [-0.3, -0.25) is 0 Å². The van der Waals surface area contributed by atoms with Crippen molar-refractivity contribution >= 4 is 0 Å². The van der Waals surface area contributed by atoms with Gasteiger partial charge in [-0.1, -0.05) is 12.1 Å². The molecule has 0 aliphatic heterocycles. The first kappa shape index (κ1) is 15.8.